The standard InChI is InChI=1S/C14H18BrNO4S/c1-9-3-5-16(6-4-9)21(19,20)12-8-11(14(17)18)7-10(2)13(12)15/h7-9H,3-6H2,1-2H3,(H,17,18). The van der Waals surface area contributed by atoms with Gasteiger partial charge >= 0.3 is 5.97 Å². The Morgan fingerprint density at radius 1 is 1.33 bits per heavy atom. The monoisotopic (exact) mass is 375 g/mol. The number of carboxylic acids is 1. The lowest BCUT2D eigenvalue weighted by Gasteiger charge is -2.30. The number of halogens is 1. The molecule has 5 nitrogen and oxygen atoms in total. The summed E-state index contributed by atoms with van der Waals surface area (Å²) in [5.74, 6) is -0.610. The molecule has 0 unspecified atom stereocenters. The van der Waals surface area contributed by atoms with Crippen LogP contribution in [0, 0.1) is 12.8 Å². The highest BCUT2D eigenvalue weighted by molar-refractivity contribution is 9.10. The Hall–Kier alpha value is -0.920. The van der Waals surface area contributed by atoms with Gasteiger partial charge in [0.15, 0.2) is 0 Å². The average Bonchev–Trinajstić information content (AvgIpc) is 2.41. The molecule has 1 aliphatic rings. The fraction of sp³-hybridized carbons (Fsp3) is 0.500. The zero-order valence-corrected chi connectivity index (χ0v) is 14.4. The first-order valence-corrected chi connectivity index (χ1v) is 9.00. The summed E-state index contributed by atoms with van der Waals surface area (Å²) in [4.78, 5) is 11.2. The van der Waals surface area contributed by atoms with Crippen molar-refractivity contribution >= 4 is 31.9 Å². The second kappa shape index (κ2) is 6.06. The number of hydrogen-bond donors (Lipinski definition) is 1. The molecule has 2 rings (SSSR count). The van der Waals surface area contributed by atoms with Gasteiger partial charge in [-0.3, -0.25) is 0 Å². The fourth-order valence-electron chi connectivity index (χ4n) is 2.41. The molecule has 0 bridgehead atoms. The van der Waals surface area contributed by atoms with E-state index >= 15 is 0 Å². The first-order valence-electron chi connectivity index (χ1n) is 6.77. The molecule has 0 atom stereocenters. The van der Waals surface area contributed by atoms with Gasteiger partial charge in [0, 0.05) is 17.6 Å². The van der Waals surface area contributed by atoms with Gasteiger partial charge in [-0.1, -0.05) is 6.92 Å². The fourth-order valence-corrected chi connectivity index (χ4v) is 4.89. The number of carbonyl (C=O) groups is 1. The Kier molecular flexibility index (Phi) is 4.75. The summed E-state index contributed by atoms with van der Waals surface area (Å²) in [6, 6.07) is 2.69. The Morgan fingerprint density at radius 3 is 2.43 bits per heavy atom. The molecule has 1 aromatic rings. The summed E-state index contributed by atoms with van der Waals surface area (Å²) in [6.45, 7) is 4.75. The molecular weight excluding hydrogens is 358 g/mol. The van der Waals surface area contributed by atoms with E-state index in [4.69, 9.17) is 5.11 Å². The van der Waals surface area contributed by atoms with Crippen LogP contribution in [0.1, 0.15) is 35.7 Å². The van der Waals surface area contributed by atoms with Gasteiger partial charge in [-0.2, -0.15) is 4.31 Å². The van der Waals surface area contributed by atoms with Crippen molar-refractivity contribution in [2.45, 2.75) is 31.6 Å². The number of nitrogens with zero attached hydrogens (tertiary/aromatic N) is 1. The third kappa shape index (κ3) is 3.30. The molecule has 7 heteroatoms. The van der Waals surface area contributed by atoms with Crippen molar-refractivity contribution in [2.75, 3.05) is 13.1 Å². The predicted molar refractivity (Wildman–Crippen MR) is 83.0 cm³/mol. The Balaban J connectivity index is 2.47. The zero-order chi connectivity index (χ0) is 15.8. The lowest BCUT2D eigenvalue weighted by molar-refractivity contribution is 0.0696. The number of sulfonamides is 1. The Labute approximate surface area is 133 Å². The molecule has 0 aromatic heterocycles. The number of rotatable bonds is 3. The van der Waals surface area contributed by atoms with E-state index in [0.29, 0.717) is 29.0 Å². The van der Waals surface area contributed by atoms with Crippen molar-refractivity contribution in [3.8, 4) is 0 Å². The maximum atomic E-state index is 12.7. The first kappa shape index (κ1) is 16.5. The highest BCUT2D eigenvalue weighted by atomic mass is 79.9. The SMILES string of the molecule is Cc1cc(C(=O)O)cc(S(=O)(=O)N2CCC(C)CC2)c1Br. The van der Waals surface area contributed by atoms with Crippen molar-refractivity contribution in [1.82, 2.24) is 4.31 Å². The van der Waals surface area contributed by atoms with Crippen molar-refractivity contribution in [2.24, 2.45) is 5.92 Å². The summed E-state index contributed by atoms with van der Waals surface area (Å²) in [5.41, 5.74) is 0.582. The molecule has 1 fully saturated rings. The maximum absolute atomic E-state index is 12.7. The number of aryl methyl sites for hydroxylation is 1. The molecule has 1 N–H and O–H groups in total. The lowest BCUT2D eigenvalue weighted by Crippen LogP contribution is -2.38. The second-order valence-corrected chi connectivity index (χ2v) is 8.20. The molecule has 1 saturated heterocycles. The van der Waals surface area contributed by atoms with Crippen LogP contribution < -0.4 is 0 Å². The summed E-state index contributed by atoms with van der Waals surface area (Å²) in [5, 5.41) is 9.11. The van der Waals surface area contributed by atoms with E-state index in [2.05, 4.69) is 22.9 Å². The molecular formula is C14H18BrNO4S. The normalized spacial score (nSPS) is 17.9. The van der Waals surface area contributed by atoms with Gasteiger partial charge in [-0.15, -0.1) is 0 Å². The van der Waals surface area contributed by atoms with Crippen molar-refractivity contribution < 1.29 is 18.3 Å². The molecule has 1 aliphatic heterocycles. The zero-order valence-electron chi connectivity index (χ0n) is 12.0. The van der Waals surface area contributed by atoms with Crippen LogP contribution in [-0.4, -0.2) is 36.9 Å². The van der Waals surface area contributed by atoms with Gasteiger partial charge in [0.1, 0.15) is 0 Å². The molecule has 21 heavy (non-hydrogen) atoms. The number of benzene rings is 1. The van der Waals surface area contributed by atoms with Crippen LogP contribution in [0.5, 0.6) is 0 Å². The van der Waals surface area contributed by atoms with Crippen LogP contribution in [0.15, 0.2) is 21.5 Å². The molecule has 0 aliphatic carbocycles. The maximum Gasteiger partial charge on any atom is 0.335 e. The van der Waals surface area contributed by atoms with E-state index in [1.807, 2.05) is 0 Å². The van der Waals surface area contributed by atoms with Gasteiger partial charge in [0.25, 0.3) is 0 Å². The summed E-state index contributed by atoms with van der Waals surface area (Å²) in [6.07, 6.45) is 1.66. The van der Waals surface area contributed by atoms with Gasteiger partial charge in [0.05, 0.1) is 10.5 Å². The minimum absolute atomic E-state index is 0.0142. The summed E-state index contributed by atoms with van der Waals surface area (Å²) < 4.78 is 27.4. The molecule has 0 spiro atoms. The summed E-state index contributed by atoms with van der Waals surface area (Å²) in [7, 11) is -3.67. The Morgan fingerprint density at radius 2 is 1.90 bits per heavy atom. The molecule has 1 heterocycles. The number of hydrogen-bond acceptors (Lipinski definition) is 3. The number of piperidine rings is 1. The molecule has 0 radical (unpaired) electrons. The topological polar surface area (TPSA) is 74.7 Å². The molecule has 116 valence electrons. The smallest absolute Gasteiger partial charge is 0.335 e. The van der Waals surface area contributed by atoms with E-state index in [0.717, 1.165) is 12.8 Å². The van der Waals surface area contributed by atoms with E-state index in [9.17, 15) is 13.2 Å². The van der Waals surface area contributed by atoms with Crippen LogP contribution >= 0.6 is 15.9 Å². The van der Waals surface area contributed by atoms with Crippen LogP contribution in [0.3, 0.4) is 0 Å². The minimum Gasteiger partial charge on any atom is -0.478 e. The highest BCUT2D eigenvalue weighted by Crippen LogP contribution is 2.31. The van der Waals surface area contributed by atoms with E-state index in [1.165, 1.54) is 16.4 Å². The van der Waals surface area contributed by atoms with E-state index in [-0.39, 0.29) is 10.5 Å². The Bertz CT molecular complexity index is 664. The van der Waals surface area contributed by atoms with Crippen LogP contribution in [0.2, 0.25) is 0 Å². The van der Waals surface area contributed by atoms with Gasteiger partial charge in [-0.25, -0.2) is 13.2 Å². The van der Waals surface area contributed by atoms with Crippen LogP contribution in [0.25, 0.3) is 0 Å². The average molecular weight is 376 g/mol. The van der Waals surface area contributed by atoms with Crippen LogP contribution in [-0.2, 0) is 10.0 Å². The third-order valence-electron chi connectivity index (χ3n) is 3.83. The minimum atomic E-state index is -3.67. The van der Waals surface area contributed by atoms with Gasteiger partial charge in [-0.05, 0) is 59.3 Å². The second-order valence-electron chi connectivity index (χ2n) is 5.50. The number of carboxylic acid groups (broad SMARTS) is 1. The highest BCUT2D eigenvalue weighted by Gasteiger charge is 2.30. The van der Waals surface area contributed by atoms with E-state index < -0.39 is 16.0 Å². The van der Waals surface area contributed by atoms with Crippen molar-refractivity contribution in [3.63, 3.8) is 0 Å². The largest absolute Gasteiger partial charge is 0.478 e. The van der Waals surface area contributed by atoms with Crippen molar-refractivity contribution in [3.05, 3.63) is 27.7 Å². The quantitative estimate of drug-likeness (QED) is 0.880. The molecule has 1 aromatic carbocycles. The first-order chi connectivity index (χ1) is 9.73. The van der Waals surface area contributed by atoms with Gasteiger partial charge < -0.3 is 5.11 Å². The summed E-state index contributed by atoms with van der Waals surface area (Å²) >= 11 is 3.28. The number of aromatic carboxylic acids is 1. The van der Waals surface area contributed by atoms with E-state index in [1.54, 1.807) is 6.92 Å². The van der Waals surface area contributed by atoms with Crippen LogP contribution in [0.4, 0.5) is 0 Å². The lowest BCUT2D eigenvalue weighted by atomic mass is 10.0. The predicted octanol–water partition coefficient (Wildman–Crippen LogP) is 2.88. The van der Waals surface area contributed by atoms with Crippen molar-refractivity contribution in [1.29, 1.82) is 0 Å². The molecule has 0 amide bonds. The molecule has 0 saturated carbocycles. The van der Waals surface area contributed by atoms with Gasteiger partial charge in [0.2, 0.25) is 10.0 Å². The third-order valence-corrected chi connectivity index (χ3v) is 7.07.